The van der Waals surface area contributed by atoms with E-state index < -0.39 is 15.9 Å². The molecule has 0 bridgehead atoms. The number of fused-ring (bicyclic) bond motifs is 1. The third-order valence-corrected chi connectivity index (χ3v) is 7.97. The van der Waals surface area contributed by atoms with Crippen molar-refractivity contribution in [3.05, 3.63) is 46.5 Å². The quantitative estimate of drug-likeness (QED) is 0.702. The van der Waals surface area contributed by atoms with Crippen LogP contribution in [0, 0.1) is 19.8 Å². The molecule has 2 aromatic carbocycles. The predicted molar refractivity (Wildman–Crippen MR) is 122 cm³/mol. The monoisotopic (exact) mass is 477 g/mol. The van der Waals surface area contributed by atoms with Gasteiger partial charge in [0.1, 0.15) is 5.75 Å². The van der Waals surface area contributed by atoms with Gasteiger partial charge in [0, 0.05) is 29.9 Å². The molecule has 2 amide bonds. The molecule has 10 heteroatoms. The number of nitrogens with zero attached hydrogens (tertiary/aromatic N) is 1. The highest BCUT2D eigenvalue weighted by atomic mass is 35.5. The van der Waals surface area contributed by atoms with Crippen LogP contribution in [0.5, 0.6) is 5.75 Å². The Balaban J connectivity index is 1.53. The first kappa shape index (κ1) is 22.6. The van der Waals surface area contributed by atoms with Gasteiger partial charge in [0.2, 0.25) is 15.9 Å². The molecular formula is C22H24ClN3O5S. The van der Waals surface area contributed by atoms with Gasteiger partial charge in [0.25, 0.3) is 5.91 Å². The zero-order valence-electron chi connectivity index (χ0n) is 17.8. The Morgan fingerprint density at radius 2 is 2.00 bits per heavy atom. The molecule has 0 radical (unpaired) electrons. The van der Waals surface area contributed by atoms with Gasteiger partial charge >= 0.3 is 0 Å². The number of ether oxygens (including phenoxy) is 1. The van der Waals surface area contributed by atoms with E-state index in [1.807, 2.05) is 6.92 Å². The fourth-order valence-corrected chi connectivity index (χ4v) is 5.98. The van der Waals surface area contributed by atoms with Gasteiger partial charge < -0.3 is 15.4 Å². The maximum atomic E-state index is 13.4. The zero-order valence-corrected chi connectivity index (χ0v) is 19.3. The van der Waals surface area contributed by atoms with E-state index in [0.717, 1.165) is 5.56 Å². The van der Waals surface area contributed by atoms with Crippen LogP contribution >= 0.6 is 11.6 Å². The topological polar surface area (TPSA) is 105 Å². The molecule has 1 fully saturated rings. The van der Waals surface area contributed by atoms with Crippen LogP contribution in [0.2, 0.25) is 5.02 Å². The van der Waals surface area contributed by atoms with E-state index in [1.165, 1.54) is 10.4 Å². The number of benzene rings is 2. The summed E-state index contributed by atoms with van der Waals surface area (Å²) in [6.45, 7) is 3.79. The van der Waals surface area contributed by atoms with E-state index in [-0.39, 0.29) is 29.9 Å². The molecule has 2 heterocycles. The summed E-state index contributed by atoms with van der Waals surface area (Å²) in [6, 6.07) is 8.24. The number of carbonyl (C=O) groups is 2. The number of hydrogen-bond acceptors (Lipinski definition) is 5. The number of carbonyl (C=O) groups excluding carboxylic acids is 2. The number of halogens is 1. The number of hydrogen-bond donors (Lipinski definition) is 2. The van der Waals surface area contributed by atoms with Crippen LogP contribution in [0.3, 0.4) is 0 Å². The molecule has 0 aliphatic carbocycles. The van der Waals surface area contributed by atoms with Gasteiger partial charge in [-0.3, -0.25) is 9.59 Å². The van der Waals surface area contributed by atoms with Crippen molar-refractivity contribution in [2.24, 2.45) is 5.92 Å². The lowest BCUT2D eigenvalue weighted by Crippen LogP contribution is -2.44. The van der Waals surface area contributed by atoms with Crippen molar-refractivity contribution >= 4 is 44.8 Å². The minimum atomic E-state index is -3.85. The first-order valence-corrected chi connectivity index (χ1v) is 12.1. The van der Waals surface area contributed by atoms with Gasteiger partial charge in [-0.2, -0.15) is 4.31 Å². The van der Waals surface area contributed by atoms with E-state index in [4.69, 9.17) is 16.3 Å². The summed E-state index contributed by atoms with van der Waals surface area (Å²) in [5, 5.41) is 6.16. The third-order valence-electron chi connectivity index (χ3n) is 5.73. The second-order valence-corrected chi connectivity index (χ2v) is 10.4. The van der Waals surface area contributed by atoms with Crippen molar-refractivity contribution < 1.29 is 22.7 Å². The standard InChI is InChI=1S/C22H24ClN3O5S/c1-13-8-16(23)5-6-17(13)25-22(28)15-4-3-7-26(11-15)32(29,30)20-10-19-18(9-14(20)2)24-21(27)12-31-19/h5-6,8-10,15H,3-4,7,11-12H2,1-2H3,(H,24,27)(H,25,28)/t15-/m0/s1. The molecule has 2 aromatic rings. The molecule has 0 saturated carbocycles. The normalized spacial score (nSPS) is 19.0. The Bertz CT molecular complexity index is 1200. The minimum Gasteiger partial charge on any atom is -0.482 e. The van der Waals surface area contributed by atoms with Crippen LogP contribution in [0.4, 0.5) is 11.4 Å². The van der Waals surface area contributed by atoms with Crippen molar-refractivity contribution in [2.45, 2.75) is 31.6 Å². The van der Waals surface area contributed by atoms with E-state index in [9.17, 15) is 18.0 Å². The summed E-state index contributed by atoms with van der Waals surface area (Å²) in [7, 11) is -3.85. The van der Waals surface area contributed by atoms with E-state index in [1.54, 1.807) is 31.2 Å². The number of piperidine rings is 1. The summed E-state index contributed by atoms with van der Waals surface area (Å²) < 4.78 is 33.6. The van der Waals surface area contributed by atoms with E-state index in [2.05, 4.69) is 10.6 Å². The second-order valence-electron chi connectivity index (χ2n) is 8.10. The van der Waals surface area contributed by atoms with Crippen molar-refractivity contribution in [3.8, 4) is 5.75 Å². The summed E-state index contributed by atoms with van der Waals surface area (Å²) >= 11 is 5.98. The molecule has 0 spiro atoms. The highest BCUT2D eigenvalue weighted by Gasteiger charge is 2.35. The van der Waals surface area contributed by atoms with Crippen molar-refractivity contribution in [3.63, 3.8) is 0 Å². The summed E-state index contributed by atoms with van der Waals surface area (Å²) in [5.74, 6) is -0.655. The van der Waals surface area contributed by atoms with Gasteiger partial charge in [-0.25, -0.2) is 8.42 Å². The smallest absolute Gasteiger partial charge is 0.262 e. The van der Waals surface area contributed by atoms with Crippen molar-refractivity contribution in [1.29, 1.82) is 0 Å². The van der Waals surface area contributed by atoms with Gasteiger partial charge in [0.05, 0.1) is 16.5 Å². The Labute approximate surface area is 191 Å². The Morgan fingerprint density at radius 3 is 2.75 bits per heavy atom. The van der Waals surface area contributed by atoms with Crippen LogP contribution in [0.25, 0.3) is 0 Å². The molecular weight excluding hydrogens is 454 g/mol. The van der Waals surface area contributed by atoms with Crippen LogP contribution in [-0.2, 0) is 19.6 Å². The molecule has 2 aliphatic rings. The van der Waals surface area contributed by atoms with Crippen LogP contribution in [0.15, 0.2) is 35.2 Å². The number of rotatable bonds is 4. The minimum absolute atomic E-state index is 0.0922. The number of anilines is 2. The number of nitrogens with one attached hydrogen (secondary N) is 2. The molecule has 1 saturated heterocycles. The lowest BCUT2D eigenvalue weighted by atomic mass is 9.98. The van der Waals surface area contributed by atoms with Gasteiger partial charge in [-0.05, 0) is 62.1 Å². The maximum Gasteiger partial charge on any atom is 0.262 e. The maximum absolute atomic E-state index is 13.4. The lowest BCUT2D eigenvalue weighted by Gasteiger charge is -2.32. The molecule has 8 nitrogen and oxygen atoms in total. The number of amides is 2. The fraction of sp³-hybridized carbons (Fsp3) is 0.364. The Hall–Kier alpha value is -2.62. The molecule has 4 rings (SSSR count). The Kier molecular flexibility index (Phi) is 6.15. The molecule has 32 heavy (non-hydrogen) atoms. The lowest BCUT2D eigenvalue weighted by molar-refractivity contribution is -0.121. The second kappa shape index (κ2) is 8.73. The highest BCUT2D eigenvalue weighted by Crippen LogP contribution is 2.35. The van der Waals surface area contributed by atoms with E-state index in [0.29, 0.717) is 47.1 Å². The molecule has 1 atom stereocenters. The molecule has 2 aliphatic heterocycles. The molecule has 2 N–H and O–H groups in total. The van der Waals surface area contributed by atoms with Crippen LogP contribution in [0.1, 0.15) is 24.0 Å². The van der Waals surface area contributed by atoms with Crippen molar-refractivity contribution in [2.75, 3.05) is 30.3 Å². The summed E-state index contributed by atoms with van der Waals surface area (Å²) in [5.41, 5.74) is 2.44. The molecule has 0 unspecified atom stereocenters. The summed E-state index contributed by atoms with van der Waals surface area (Å²) in [4.78, 5) is 24.5. The van der Waals surface area contributed by atoms with Gasteiger partial charge in [-0.15, -0.1) is 0 Å². The van der Waals surface area contributed by atoms with Crippen LogP contribution < -0.4 is 15.4 Å². The van der Waals surface area contributed by atoms with Gasteiger partial charge in [-0.1, -0.05) is 11.6 Å². The van der Waals surface area contributed by atoms with Gasteiger partial charge in [0.15, 0.2) is 6.61 Å². The molecule has 170 valence electrons. The molecule has 0 aromatic heterocycles. The number of sulfonamides is 1. The number of aryl methyl sites for hydroxylation is 2. The average molecular weight is 478 g/mol. The zero-order chi connectivity index (χ0) is 23.0. The van der Waals surface area contributed by atoms with Crippen molar-refractivity contribution in [1.82, 2.24) is 4.31 Å². The SMILES string of the molecule is Cc1cc(Cl)ccc1NC(=O)[C@H]1CCCN(S(=O)(=O)c2cc3c(cc2C)NC(=O)CO3)C1. The predicted octanol–water partition coefficient (Wildman–Crippen LogP) is 3.33. The third kappa shape index (κ3) is 4.46. The van der Waals surface area contributed by atoms with E-state index >= 15 is 0 Å². The largest absolute Gasteiger partial charge is 0.482 e. The average Bonchev–Trinajstić information content (AvgIpc) is 2.75. The highest BCUT2D eigenvalue weighted by molar-refractivity contribution is 7.89. The van der Waals surface area contributed by atoms with Crippen LogP contribution in [-0.4, -0.2) is 44.2 Å². The first-order chi connectivity index (χ1) is 15.1. The Morgan fingerprint density at radius 1 is 1.22 bits per heavy atom. The first-order valence-electron chi connectivity index (χ1n) is 10.3. The summed E-state index contributed by atoms with van der Waals surface area (Å²) in [6.07, 6.45) is 1.18. The fourth-order valence-electron chi connectivity index (χ4n) is 4.01.